The van der Waals surface area contributed by atoms with E-state index in [9.17, 15) is 9.90 Å². The first-order valence-electron chi connectivity index (χ1n) is 10.2. The van der Waals surface area contributed by atoms with Crippen LogP contribution in [0.1, 0.15) is 61.0 Å². The summed E-state index contributed by atoms with van der Waals surface area (Å²) in [6.07, 6.45) is 1.64. The highest BCUT2D eigenvalue weighted by Gasteiger charge is 2.51. The number of carboxylic acids is 1. The number of carbonyl (C=O) groups is 1. The van der Waals surface area contributed by atoms with Gasteiger partial charge in [0.15, 0.2) is 0 Å². The quantitative estimate of drug-likeness (QED) is 0.580. The standard InChI is InChI=1S/C23H31BN2O4/c1-14(20(27)28)11-16-12-15-13-17(24-29-22(5,6)23(7,8)30-24)9-10-18(15)25-19(16)26-21(2,3)4/h9-13H,1-8H3,(H,25,26)(H,27,28). The predicted octanol–water partition coefficient (Wildman–Crippen LogP) is 4.23. The van der Waals surface area contributed by atoms with Gasteiger partial charge in [-0.15, -0.1) is 0 Å². The van der Waals surface area contributed by atoms with E-state index in [0.29, 0.717) is 5.82 Å². The van der Waals surface area contributed by atoms with Gasteiger partial charge in [0.05, 0.1) is 16.7 Å². The Balaban J connectivity index is 2.08. The Morgan fingerprint density at radius 2 is 1.73 bits per heavy atom. The molecule has 1 aliphatic heterocycles. The molecule has 1 saturated heterocycles. The van der Waals surface area contributed by atoms with Crippen molar-refractivity contribution in [2.24, 2.45) is 0 Å². The van der Waals surface area contributed by atoms with Gasteiger partial charge in [-0.1, -0.05) is 12.1 Å². The molecule has 30 heavy (non-hydrogen) atoms. The molecule has 0 aliphatic carbocycles. The zero-order valence-electron chi connectivity index (χ0n) is 19.1. The molecule has 0 radical (unpaired) electrons. The second kappa shape index (κ2) is 7.39. The lowest BCUT2D eigenvalue weighted by Crippen LogP contribution is -2.41. The number of hydrogen-bond donors (Lipinski definition) is 2. The lowest BCUT2D eigenvalue weighted by atomic mass is 9.78. The number of nitrogens with zero attached hydrogens (tertiary/aromatic N) is 1. The SMILES string of the molecule is CC(=Cc1cc2cc(B3OC(C)(C)C(C)(C)O3)ccc2nc1NC(C)(C)C)C(=O)O. The molecule has 6 nitrogen and oxygen atoms in total. The summed E-state index contributed by atoms with van der Waals surface area (Å²) in [7, 11) is -0.466. The van der Waals surface area contributed by atoms with E-state index >= 15 is 0 Å². The number of anilines is 1. The van der Waals surface area contributed by atoms with Gasteiger partial charge in [-0.2, -0.15) is 0 Å². The lowest BCUT2D eigenvalue weighted by Gasteiger charge is -2.32. The molecule has 3 rings (SSSR count). The van der Waals surface area contributed by atoms with Crippen LogP contribution in [0.4, 0.5) is 5.82 Å². The summed E-state index contributed by atoms with van der Waals surface area (Å²) < 4.78 is 12.3. The number of benzene rings is 1. The minimum absolute atomic E-state index is 0.219. The Hall–Kier alpha value is -2.38. The molecule has 2 heterocycles. The van der Waals surface area contributed by atoms with Crippen molar-refractivity contribution in [3.05, 3.63) is 35.4 Å². The number of rotatable bonds is 4. The van der Waals surface area contributed by atoms with Gasteiger partial charge in [-0.05, 0) is 79.1 Å². The van der Waals surface area contributed by atoms with Crippen molar-refractivity contribution in [2.75, 3.05) is 5.32 Å². The first kappa shape index (κ1) is 22.3. The van der Waals surface area contributed by atoms with Crippen molar-refractivity contribution in [3.63, 3.8) is 0 Å². The van der Waals surface area contributed by atoms with Gasteiger partial charge in [0.25, 0.3) is 0 Å². The third-order valence-corrected chi connectivity index (χ3v) is 5.60. The first-order valence-corrected chi connectivity index (χ1v) is 10.2. The zero-order chi connectivity index (χ0) is 22.5. The number of pyridine rings is 1. The van der Waals surface area contributed by atoms with Gasteiger partial charge in [0.2, 0.25) is 0 Å². The van der Waals surface area contributed by atoms with Crippen LogP contribution >= 0.6 is 0 Å². The average Bonchev–Trinajstić information content (AvgIpc) is 2.81. The summed E-state index contributed by atoms with van der Waals surface area (Å²) >= 11 is 0. The summed E-state index contributed by atoms with van der Waals surface area (Å²) in [5, 5.41) is 13.6. The van der Waals surface area contributed by atoms with E-state index in [2.05, 4.69) is 5.32 Å². The Morgan fingerprint density at radius 3 is 2.27 bits per heavy atom. The topological polar surface area (TPSA) is 80.7 Å². The number of hydrogen-bond acceptors (Lipinski definition) is 5. The van der Waals surface area contributed by atoms with Gasteiger partial charge in [-0.25, -0.2) is 9.78 Å². The third-order valence-electron chi connectivity index (χ3n) is 5.60. The smallest absolute Gasteiger partial charge is 0.478 e. The molecule has 0 bridgehead atoms. The van der Waals surface area contributed by atoms with Crippen LogP contribution < -0.4 is 10.8 Å². The Labute approximate surface area is 178 Å². The highest BCUT2D eigenvalue weighted by atomic mass is 16.7. The maximum Gasteiger partial charge on any atom is 0.494 e. The molecule has 1 aromatic heterocycles. The molecule has 1 fully saturated rings. The maximum atomic E-state index is 11.4. The van der Waals surface area contributed by atoms with Crippen LogP contribution in [0.25, 0.3) is 17.0 Å². The summed E-state index contributed by atoms with van der Waals surface area (Å²) in [5.74, 6) is -0.304. The molecule has 0 saturated carbocycles. The molecule has 7 heteroatoms. The van der Waals surface area contributed by atoms with Gasteiger partial charge in [-0.3, -0.25) is 0 Å². The fourth-order valence-corrected chi connectivity index (χ4v) is 3.20. The van der Waals surface area contributed by atoms with Crippen molar-refractivity contribution < 1.29 is 19.2 Å². The molecule has 0 spiro atoms. The molecule has 2 aromatic rings. The van der Waals surface area contributed by atoms with Crippen LogP contribution in [0.2, 0.25) is 0 Å². The fourth-order valence-electron chi connectivity index (χ4n) is 3.20. The average molecular weight is 410 g/mol. The van der Waals surface area contributed by atoms with Gasteiger partial charge in [0, 0.05) is 22.1 Å². The van der Waals surface area contributed by atoms with Crippen LogP contribution in [0.3, 0.4) is 0 Å². The van der Waals surface area contributed by atoms with Crippen molar-refractivity contribution >= 4 is 41.3 Å². The van der Waals surface area contributed by atoms with Crippen molar-refractivity contribution in [2.45, 2.75) is 72.1 Å². The molecule has 2 N–H and O–H groups in total. The summed E-state index contributed by atoms with van der Waals surface area (Å²) in [6.45, 7) is 15.8. The Morgan fingerprint density at radius 1 is 1.13 bits per heavy atom. The molecular weight excluding hydrogens is 379 g/mol. The molecular formula is C23H31BN2O4. The van der Waals surface area contributed by atoms with Crippen LogP contribution in [-0.2, 0) is 14.1 Å². The molecule has 0 amide bonds. The molecule has 1 aromatic carbocycles. The van der Waals surface area contributed by atoms with Gasteiger partial charge in [0.1, 0.15) is 5.82 Å². The molecule has 0 unspecified atom stereocenters. The van der Waals surface area contributed by atoms with E-state index in [4.69, 9.17) is 14.3 Å². The first-order chi connectivity index (χ1) is 13.7. The highest BCUT2D eigenvalue weighted by Crippen LogP contribution is 2.36. The van der Waals surface area contributed by atoms with Crippen molar-refractivity contribution in [1.29, 1.82) is 0 Å². The summed E-state index contributed by atoms with van der Waals surface area (Å²) in [4.78, 5) is 16.1. The Bertz CT molecular complexity index is 1010. The number of nitrogens with one attached hydrogen (secondary N) is 1. The van der Waals surface area contributed by atoms with Crippen LogP contribution in [0.5, 0.6) is 0 Å². The molecule has 160 valence electrons. The monoisotopic (exact) mass is 410 g/mol. The second-order valence-electron chi connectivity index (χ2n) is 9.97. The van der Waals surface area contributed by atoms with Crippen LogP contribution in [0, 0.1) is 0 Å². The highest BCUT2D eigenvalue weighted by molar-refractivity contribution is 6.62. The van der Waals surface area contributed by atoms with Crippen LogP contribution in [0.15, 0.2) is 29.8 Å². The minimum Gasteiger partial charge on any atom is -0.478 e. The van der Waals surface area contributed by atoms with E-state index in [1.165, 1.54) is 0 Å². The second-order valence-corrected chi connectivity index (χ2v) is 9.97. The zero-order valence-corrected chi connectivity index (χ0v) is 19.1. The van der Waals surface area contributed by atoms with E-state index in [1.54, 1.807) is 13.0 Å². The summed E-state index contributed by atoms with van der Waals surface area (Å²) in [5.41, 5.74) is 1.63. The molecule has 1 aliphatic rings. The van der Waals surface area contributed by atoms with E-state index in [0.717, 1.165) is 21.9 Å². The third kappa shape index (κ3) is 4.52. The largest absolute Gasteiger partial charge is 0.494 e. The summed E-state index contributed by atoms with van der Waals surface area (Å²) in [6, 6.07) is 7.87. The minimum atomic E-state index is -0.956. The van der Waals surface area contributed by atoms with E-state index < -0.39 is 24.3 Å². The number of aromatic nitrogens is 1. The normalized spacial score (nSPS) is 18.7. The van der Waals surface area contributed by atoms with Crippen molar-refractivity contribution in [1.82, 2.24) is 4.98 Å². The predicted molar refractivity (Wildman–Crippen MR) is 122 cm³/mol. The number of aliphatic carboxylic acids is 1. The fraction of sp³-hybridized carbons (Fsp3) is 0.478. The lowest BCUT2D eigenvalue weighted by molar-refractivity contribution is -0.132. The van der Waals surface area contributed by atoms with E-state index in [-0.39, 0.29) is 11.1 Å². The number of fused-ring (bicyclic) bond motifs is 1. The maximum absolute atomic E-state index is 11.4. The Kier molecular flexibility index (Phi) is 5.50. The van der Waals surface area contributed by atoms with Crippen LogP contribution in [-0.4, -0.2) is 39.9 Å². The number of carboxylic acid groups (broad SMARTS) is 1. The van der Waals surface area contributed by atoms with Gasteiger partial charge < -0.3 is 19.7 Å². The van der Waals surface area contributed by atoms with Gasteiger partial charge >= 0.3 is 13.1 Å². The molecule has 0 atom stereocenters. The van der Waals surface area contributed by atoms with E-state index in [1.807, 2.05) is 72.7 Å². The van der Waals surface area contributed by atoms with Crippen molar-refractivity contribution in [3.8, 4) is 0 Å².